The van der Waals surface area contributed by atoms with Gasteiger partial charge in [0.1, 0.15) is 11.3 Å². The van der Waals surface area contributed by atoms with Crippen molar-refractivity contribution in [3.05, 3.63) is 91.1 Å². The fraction of sp³-hybridized carbons (Fsp3) is 0.130. The van der Waals surface area contributed by atoms with E-state index in [-0.39, 0.29) is 18.8 Å². The van der Waals surface area contributed by atoms with Gasteiger partial charge in [-0.15, -0.1) is 13.2 Å². The lowest BCUT2D eigenvalue weighted by Gasteiger charge is -2.30. The van der Waals surface area contributed by atoms with Crippen LogP contribution in [0.15, 0.2) is 74.4 Å². The van der Waals surface area contributed by atoms with Gasteiger partial charge in [-0.25, -0.2) is 9.59 Å². The van der Waals surface area contributed by atoms with Gasteiger partial charge in [-0.05, 0) is 24.3 Å². The van der Waals surface area contributed by atoms with E-state index in [1.807, 2.05) is 0 Å². The van der Waals surface area contributed by atoms with Gasteiger partial charge in [0.2, 0.25) is 5.79 Å². The Bertz CT molecular complexity index is 997. The third kappa shape index (κ3) is 5.39. The molecule has 0 bridgehead atoms. The Labute approximate surface area is 178 Å². The second kappa shape index (κ2) is 10.2. The van der Waals surface area contributed by atoms with Gasteiger partial charge in [-0.2, -0.15) is 0 Å². The Morgan fingerprint density at radius 1 is 0.935 bits per heavy atom. The molecule has 0 atom stereocenters. The Morgan fingerprint density at radius 3 is 2.16 bits per heavy atom. The van der Waals surface area contributed by atoms with E-state index in [1.165, 1.54) is 36.4 Å². The molecule has 0 aliphatic heterocycles. The largest absolute Gasteiger partial charge is 0.508 e. The molecule has 2 aromatic carbocycles. The first-order chi connectivity index (χ1) is 14.8. The number of hydrogen-bond donors (Lipinski definition) is 3. The molecule has 0 aromatic heterocycles. The van der Waals surface area contributed by atoms with Crippen molar-refractivity contribution >= 4 is 11.9 Å². The van der Waals surface area contributed by atoms with Gasteiger partial charge in [0, 0.05) is 11.6 Å². The predicted molar refractivity (Wildman–Crippen MR) is 112 cm³/mol. The zero-order chi connectivity index (χ0) is 23.0. The van der Waals surface area contributed by atoms with Gasteiger partial charge >= 0.3 is 11.9 Å². The van der Waals surface area contributed by atoms with Gasteiger partial charge < -0.3 is 29.5 Å². The molecule has 3 N–H and O–H groups in total. The fourth-order valence-electron chi connectivity index (χ4n) is 2.63. The summed E-state index contributed by atoms with van der Waals surface area (Å²) in [6.07, 6.45) is 4.44. The molecule has 0 aliphatic carbocycles. The van der Waals surface area contributed by atoms with Crippen LogP contribution in [0.1, 0.15) is 26.3 Å². The van der Waals surface area contributed by atoms with Crippen molar-refractivity contribution in [2.45, 2.75) is 5.79 Å². The van der Waals surface area contributed by atoms with E-state index in [1.54, 1.807) is 6.07 Å². The van der Waals surface area contributed by atoms with Crippen LogP contribution in [-0.4, -0.2) is 40.5 Å². The number of hydrogen-bond acceptors (Lipinski definition) is 8. The quantitative estimate of drug-likeness (QED) is 0.132. The highest BCUT2D eigenvalue weighted by Gasteiger charge is 2.31. The van der Waals surface area contributed by atoms with Crippen molar-refractivity contribution in [2.75, 3.05) is 13.2 Å². The molecule has 0 aliphatic rings. The maximum absolute atomic E-state index is 12.5. The number of benzene rings is 2. The summed E-state index contributed by atoms with van der Waals surface area (Å²) in [5, 5.41) is 28.8. The maximum atomic E-state index is 12.5. The molecule has 0 amide bonds. The Hall–Kier alpha value is -3.88. The first-order valence-electron chi connectivity index (χ1n) is 9.03. The van der Waals surface area contributed by atoms with Crippen LogP contribution in [0.3, 0.4) is 0 Å². The van der Waals surface area contributed by atoms with E-state index < -0.39 is 40.5 Å². The van der Waals surface area contributed by atoms with Crippen molar-refractivity contribution < 1.29 is 39.1 Å². The van der Waals surface area contributed by atoms with Crippen molar-refractivity contribution in [1.82, 2.24) is 0 Å². The summed E-state index contributed by atoms with van der Waals surface area (Å²) in [5.74, 6) is -5.79. The van der Waals surface area contributed by atoms with Gasteiger partial charge in [0.05, 0.1) is 18.8 Å². The van der Waals surface area contributed by atoms with Crippen LogP contribution >= 0.6 is 0 Å². The standard InChI is InChI=1S/C23H22O8/c1-4-10-29-23(6-3,30-11-5-2)16-9-7-8-15(12-16)21(27)31-22(28)18-13-17(24)14-19(25)20(18)26/h4-9,12-14,24-26H,1-3,10-11H2. The van der Waals surface area contributed by atoms with E-state index in [0.29, 0.717) is 5.56 Å². The Kier molecular flexibility index (Phi) is 7.73. The molecular formula is C23H22O8. The summed E-state index contributed by atoms with van der Waals surface area (Å²) in [5.41, 5.74) is -0.206. The van der Waals surface area contributed by atoms with Crippen molar-refractivity contribution in [2.24, 2.45) is 0 Å². The summed E-state index contributed by atoms with van der Waals surface area (Å²) >= 11 is 0. The molecule has 8 heteroatoms. The molecule has 0 fully saturated rings. The summed E-state index contributed by atoms with van der Waals surface area (Å²) in [4.78, 5) is 24.8. The zero-order valence-corrected chi connectivity index (χ0v) is 16.6. The zero-order valence-electron chi connectivity index (χ0n) is 16.6. The normalized spacial score (nSPS) is 10.8. The topological polar surface area (TPSA) is 123 Å². The maximum Gasteiger partial charge on any atom is 0.350 e. The average molecular weight is 426 g/mol. The van der Waals surface area contributed by atoms with Crippen molar-refractivity contribution in [3.8, 4) is 17.2 Å². The molecule has 0 unspecified atom stereocenters. The number of phenols is 3. The monoisotopic (exact) mass is 426 g/mol. The minimum absolute atomic E-state index is 0.0228. The highest BCUT2D eigenvalue weighted by molar-refractivity contribution is 6.04. The fourth-order valence-corrected chi connectivity index (χ4v) is 2.63. The summed E-state index contributed by atoms with van der Waals surface area (Å²) in [6.45, 7) is 11.2. The smallest absolute Gasteiger partial charge is 0.350 e. The molecule has 0 saturated heterocycles. The number of carbonyl (C=O) groups is 2. The predicted octanol–water partition coefficient (Wildman–Crippen LogP) is 3.54. The van der Waals surface area contributed by atoms with Crippen molar-refractivity contribution in [1.29, 1.82) is 0 Å². The Morgan fingerprint density at radius 2 is 1.58 bits per heavy atom. The van der Waals surface area contributed by atoms with E-state index in [0.717, 1.165) is 12.1 Å². The third-order valence-electron chi connectivity index (χ3n) is 4.08. The van der Waals surface area contributed by atoms with Crippen molar-refractivity contribution in [3.63, 3.8) is 0 Å². The second-order valence-electron chi connectivity index (χ2n) is 6.19. The van der Waals surface area contributed by atoms with E-state index in [9.17, 15) is 24.9 Å². The molecule has 0 saturated carbocycles. The number of aromatic hydroxyl groups is 3. The van der Waals surface area contributed by atoms with E-state index >= 15 is 0 Å². The Balaban J connectivity index is 2.33. The number of esters is 2. The molecule has 0 spiro atoms. The highest BCUT2D eigenvalue weighted by atomic mass is 16.7. The lowest BCUT2D eigenvalue weighted by atomic mass is 10.0. The van der Waals surface area contributed by atoms with Gasteiger partial charge in [-0.3, -0.25) is 0 Å². The van der Waals surface area contributed by atoms with Gasteiger partial charge in [0.15, 0.2) is 11.5 Å². The number of ether oxygens (including phenoxy) is 3. The number of phenolic OH excluding ortho intramolecular Hbond substituents is 3. The van der Waals surface area contributed by atoms with Gasteiger partial charge in [-0.1, -0.05) is 30.9 Å². The number of carbonyl (C=O) groups excluding carboxylic acids is 2. The SMILES string of the molecule is C=CCOC(C=C)(OCC=C)c1cccc(C(=O)OC(=O)c2cc(O)cc(O)c2O)c1. The average Bonchev–Trinajstić information content (AvgIpc) is 2.76. The van der Waals surface area contributed by atoms with E-state index in [4.69, 9.17) is 14.2 Å². The minimum Gasteiger partial charge on any atom is -0.508 e. The highest BCUT2D eigenvalue weighted by Crippen LogP contribution is 2.34. The summed E-state index contributed by atoms with van der Waals surface area (Å²) in [6, 6.07) is 7.64. The minimum atomic E-state index is -1.42. The van der Waals surface area contributed by atoms with E-state index in [2.05, 4.69) is 19.7 Å². The third-order valence-corrected chi connectivity index (χ3v) is 4.08. The summed E-state index contributed by atoms with van der Waals surface area (Å²) < 4.78 is 16.2. The molecular weight excluding hydrogens is 404 g/mol. The first-order valence-corrected chi connectivity index (χ1v) is 9.03. The van der Waals surface area contributed by atoms with Crippen LogP contribution < -0.4 is 0 Å². The molecule has 0 heterocycles. The lowest BCUT2D eigenvalue weighted by Crippen LogP contribution is -2.31. The molecule has 8 nitrogen and oxygen atoms in total. The molecule has 0 radical (unpaired) electrons. The van der Waals surface area contributed by atoms with Crippen LogP contribution in [0, 0.1) is 0 Å². The molecule has 31 heavy (non-hydrogen) atoms. The van der Waals surface area contributed by atoms with Crippen LogP contribution in [0.4, 0.5) is 0 Å². The van der Waals surface area contributed by atoms with Gasteiger partial charge in [0.25, 0.3) is 0 Å². The second-order valence-corrected chi connectivity index (χ2v) is 6.19. The molecule has 2 aromatic rings. The lowest BCUT2D eigenvalue weighted by molar-refractivity contribution is -0.199. The van der Waals surface area contributed by atoms with Crippen LogP contribution in [-0.2, 0) is 20.0 Å². The van der Waals surface area contributed by atoms with Crippen LogP contribution in [0.5, 0.6) is 17.2 Å². The number of rotatable bonds is 10. The van der Waals surface area contributed by atoms with Crippen LogP contribution in [0.25, 0.3) is 0 Å². The summed E-state index contributed by atoms with van der Waals surface area (Å²) in [7, 11) is 0. The molecule has 2 rings (SSSR count). The van der Waals surface area contributed by atoms with Crippen LogP contribution in [0.2, 0.25) is 0 Å². The first kappa shape index (κ1) is 23.4. The molecule has 162 valence electrons.